The van der Waals surface area contributed by atoms with Crippen molar-refractivity contribution >= 4 is 39.3 Å². The molecule has 0 saturated carbocycles. The number of primary amides is 1. The third-order valence-corrected chi connectivity index (χ3v) is 2.76. The van der Waals surface area contributed by atoms with Crippen LogP contribution in [-0.2, 0) is 4.79 Å². The van der Waals surface area contributed by atoms with Crippen LogP contribution >= 0.6 is 27.5 Å². The largest absolute Gasteiger partial charge is 0.370 e. The summed E-state index contributed by atoms with van der Waals surface area (Å²) in [5.74, 6) is -0.749. The zero-order valence-corrected chi connectivity index (χ0v) is 10.6. The molecule has 0 heterocycles. The van der Waals surface area contributed by atoms with Crippen LogP contribution < -0.4 is 11.1 Å². The van der Waals surface area contributed by atoms with E-state index in [0.717, 1.165) is 0 Å². The molecule has 0 spiro atoms. The van der Waals surface area contributed by atoms with Crippen LogP contribution in [0.15, 0.2) is 22.7 Å². The highest BCUT2D eigenvalue weighted by Gasteiger charge is 2.10. The van der Waals surface area contributed by atoms with Crippen LogP contribution in [0.1, 0.15) is 16.8 Å². The highest BCUT2D eigenvalue weighted by atomic mass is 79.9. The van der Waals surface area contributed by atoms with E-state index in [1.54, 1.807) is 18.2 Å². The molecule has 0 aliphatic heterocycles. The molecule has 1 rings (SSSR count). The van der Waals surface area contributed by atoms with Crippen molar-refractivity contribution in [2.45, 2.75) is 6.42 Å². The number of amides is 2. The predicted molar refractivity (Wildman–Crippen MR) is 65.3 cm³/mol. The number of nitrogens with one attached hydrogen (secondary N) is 1. The Morgan fingerprint density at radius 2 is 2.12 bits per heavy atom. The van der Waals surface area contributed by atoms with Gasteiger partial charge >= 0.3 is 0 Å². The predicted octanol–water partition coefficient (Wildman–Crippen LogP) is 1.71. The molecular formula is C10H10BrClN2O2. The number of halogens is 2. The molecule has 1 aromatic rings. The van der Waals surface area contributed by atoms with Gasteiger partial charge in [-0.1, -0.05) is 11.6 Å². The number of nitrogens with two attached hydrogens (primary N) is 1. The summed E-state index contributed by atoms with van der Waals surface area (Å²) < 4.78 is 0.647. The van der Waals surface area contributed by atoms with E-state index < -0.39 is 5.91 Å². The van der Waals surface area contributed by atoms with Gasteiger partial charge in [-0.3, -0.25) is 9.59 Å². The van der Waals surface area contributed by atoms with E-state index in [9.17, 15) is 9.59 Å². The van der Waals surface area contributed by atoms with E-state index in [0.29, 0.717) is 15.1 Å². The summed E-state index contributed by atoms with van der Waals surface area (Å²) in [6.07, 6.45) is 0.115. The Labute approximate surface area is 106 Å². The molecule has 86 valence electrons. The summed E-state index contributed by atoms with van der Waals surface area (Å²) in [4.78, 5) is 22.1. The smallest absolute Gasteiger partial charge is 0.252 e. The van der Waals surface area contributed by atoms with Crippen LogP contribution in [0.25, 0.3) is 0 Å². The Bertz CT molecular complexity index is 423. The first-order chi connectivity index (χ1) is 7.50. The van der Waals surface area contributed by atoms with Crippen LogP contribution in [0, 0.1) is 0 Å². The molecule has 0 saturated heterocycles. The molecule has 0 unspecified atom stereocenters. The van der Waals surface area contributed by atoms with Crippen molar-refractivity contribution in [1.82, 2.24) is 5.32 Å². The van der Waals surface area contributed by atoms with Crippen molar-refractivity contribution < 1.29 is 9.59 Å². The molecule has 0 atom stereocenters. The normalized spacial score (nSPS) is 9.88. The lowest BCUT2D eigenvalue weighted by Crippen LogP contribution is -2.28. The van der Waals surface area contributed by atoms with Gasteiger partial charge in [0.2, 0.25) is 5.91 Å². The van der Waals surface area contributed by atoms with Crippen molar-refractivity contribution in [1.29, 1.82) is 0 Å². The van der Waals surface area contributed by atoms with E-state index in [2.05, 4.69) is 21.2 Å². The molecule has 0 aliphatic carbocycles. The Morgan fingerprint density at radius 3 is 2.75 bits per heavy atom. The quantitative estimate of drug-likeness (QED) is 0.889. The molecule has 6 heteroatoms. The Kier molecular flexibility index (Phi) is 4.76. The Hall–Kier alpha value is -1.07. The fourth-order valence-electron chi connectivity index (χ4n) is 1.07. The van der Waals surface area contributed by atoms with Gasteiger partial charge in [-0.2, -0.15) is 0 Å². The van der Waals surface area contributed by atoms with E-state index in [1.165, 1.54) is 0 Å². The van der Waals surface area contributed by atoms with Gasteiger partial charge in [-0.05, 0) is 34.1 Å². The molecule has 0 aromatic heterocycles. The highest BCUT2D eigenvalue weighted by molar-refractivity contribution is 9.10. The van der Waals surface area contributed by atoms with Crippen LogP contribution in [-0.4, -0.2) is 18.4 Å². The molecule has 0 aliphatic rings. The zero-order chi connectivity index (χ0) is 12.1. The molecule has 0 radical (unpaired) electrons. The minimum absolute atomic E-state index is 0.115. The summed E-state index contributed by atoms with van der Waals surface area (Å²) >= 11 is 9.01. The first kappa shape index (κ1) is 13.0. The SMILES string of the molecule is NC(=O)CCNC(=O)c1cc(Cl)ccc1Br. The van der Waals surface area contributed by atoms with Crippen molar-refractivity contribution in [3.63, 3.8) is 0 Å². The number of carbonyl (C=O) groups is 2. The molecule has 0 fully saturated rings. The first-order valence-electron chi connectivity index (χ1n) is 4.52. The number of hydrogen-bond donors (Lipinski definition) is 2. The molecule has 0 bridgehead atoms. The van der Waals surface area contributed by atoms with Crippen molar-refractivity contribution in [3.8, 4) is 0 Å². The number of hydrogen-bond acceptors (Lipinski definition) is 2. The minimum Gasteiger partial charge on any atom is -0.370 e. The maximum atomic E-state index is 11.6. The maximum Gasteiger partial charge on any atom is 0.252 e. The van der Waals surface area contributed by atoms with Crippen LogP contribution in [0.4, 0.5) is 0 Å². The average Bonchev–Trinajstić information content (AvgIpc) is 2.21. The third-order valence-electron chi connectivity index (χ3n) is 1.83. The molecule has 16 heavy (non-hydrogen) atoms. The van der Waals surface area contributed by atoms with E-state index >= 15 is 0 Å². The summed E-state index contributed by atoms with van der Waals surface area (Å²) in [5, 5.41) is 3.05. The van der Waals surface area contributed by atoms with Gasteiger partial charge in [-0.25, -0.2) is 0 Å². The highest BCUT2D eigenvalue weighted by Crippen LogP contribution is 2.20. The summed E-state index contributed by atoms with van der Waals surface area (Å²) in [5.41, 5.74) is 5.38. The molecule has 3 N–H and O–H groups in total. The topological polar surface area (TPSA) is 72.2 Å². The van der Waals surface area contributed by atoms with Crippen molar-refractivity contribution in [2.75, 3.05) is 6.54 Å². The molecule has 1 aromatic carbocycles. The van der Waals surface area contributed by atoms with Crippen molar-refractivity contribution in [3.05, 3.63) is 33.3 Å². The van der Waals surface area contributed by atoms with Gasteiger partial charge in [0.15, 0.2) is 0 Å². The molecule has 2 amide bonds. The van der Waals surface area contributed by atoms with E-state index in [4.69, 9.17) is 17.3 Å². The molecule has 4 nitrogen and oxygen atoms in total. The maximum absolute atomic E-state index is 11.6. The fraction of sp³-hybridized carbons (Fsp3) is 0.200. The third kappa shape index (κ3) is 3.83. The van der Waals surface area contributed by atoms with Gasteiger partial charge < -0.3 is 11.1 Å². The average molecular weight is 306 g/mol. The Balaban J connectivity index is 2.65. The lowest BCUT2D eigenvalue weighted by molar-refractivity contribution is -0.117. The number of benzene rings is 1. The van der Waals surface area contributed by atoms with Gasteiger partial charge in [0.05, 0.1) is 5.56 Å². The second-order valence-corrected chi connectivity index (χ2v) is 4.39. The van der Waals surface area contributed by atoms with Gasteiger partial charge in [0.25, 0.3) is 5.91 Å². The Morgan fingerprint density at radius 1 is 1.44 bits per heavy atom. The molecular weight excluding hydrogens is 295 g/mol. The monoisotopic (exact) mass is 304 g/mol. The lowest BCUT2D eigenvalue weighted by atomic mass is 10.2. The fourth-order valence-corrected chi connectivity index (χ4v) is 1.66. The number of carbonyl (C=O) groups excluding carboxylic acids is 2. The van der Waals surface area contributed by atoms with Gasteiger partial charge in [0, 0.05) is 22.5 Å². The van der Waals surface area contributed by atoms with Gasteiger partial charge in [-0.15, -0.1) is 0 Å². The summed E-state index contributed by atoms with van der Waals surface area (Å²) in [6, 6.07) is 4.91. The number of rotatable bonds is 4. The zero-order valence-electron chi connectivity index (χ0n) is 8.30. The second-order valence-electron chi connectivity index (χ2n) is 3.10. The summed E-state index contributed by atoms with van der Waals surface area (Å²) in [6.45, 7) is 0.215. The van der Waals surface area contributed by atoms with E-state index in [-0.39, 0.29) is 18.9 Å². The van der Waals surface area contributed by atoms with Crippen molar-refractivity contribution in [2.24, 2.45) is 5.73 Å². The van der Waals surface area contributed by atoms with E-state index in [1.807, 2.05) is 0 Å². The van der Waals surface area contributed by atoms with Crippen LogP contribution in [0.5, 0.6) is 0 Å². The second kappa shape index (κ2) is 5.86. The van der Waals surface area contributed by atoms with Crippen LogP contribution in [0.3, 0.4) is 0 Å². The minimum atomic E-state index is -0.453. The standard InChI is InChI=1S/C10H10BrClN2O2/c11-8-2-1-6(12)5-7(8)10(16)14-4-3-9(13)15/h1-2,5H,3-4H2,(H2,13,15)(H,14,16). The van der Waals surface area contributed by atoms with Gasteiger partial charge in [0.1, 0.15) is 0 Å². The summed E-state index contributed by atoms with van der Waals surface area (Å²) in [7, 11) is 0. The lowest BCUT2D eigenvalue weighted by Gasteiger charge is -2.06. The first-order valence-corrected chi connectivity index (χ1v) is 5.69. The van der Waals surface area contributed by atoms with Crippen LogP contribution in [0.2, 0.25) is 5.02 Å².